The molecule has 0 N–H and O–H groups in total. The molecule has 2 rings (SSSR count). The van der Waals surface area contributed by atoms with Gasteiger partial charge < -0.3 is 0 Å². The van der Waals surface area contributed by atoms with Gasteiger partial charge in [-0.05, 0) is 18.2 Å². The average Bonchev–Trinajstić information content (AvgIpc) is 2.44. The average molecular weight is 305 g/mol. The second kappa shape index (κ2) is 6.29. The summed E-state index contributed by atoms with van der Waals surface area (Å²) >= 11 is 12.3. The third-order valence-electron chi connectivity index (χ3n) is 2.57. The fraction of sp³-hybridized carbons (Fsp3) is 0. The molecule has 20 heavy (non-hydrogen) atoms. The predicted molar refractivity (Wildman–Crippen MR) is 77.5 cm³/mol. The Balaban J connectivity index is 2.87. The molecule has 0 saturated heterocycles. The normalized spacial score (nSPS) is 9.50. The molecule has 0 radical (unpaired) electrons. The molecule has 0 aromatic heterocycles. The molecule has 0 amide bonds. The molecule has 0 atom stereocenters. The van der Waals surface area contributed by atoms with Crippen LogP contribution in [0.4, 0.5) is 11.4 Å². The summed E-state index contributed by atoms with van der Waals surface area (Å²) < 4.78 is 0. The highest BCUT2D eigenvalue weighted by Gasteiger charge is 2.16. The van der Waals surface area contributed by atoms with Crippen molar-refractivity contribution in [3.8, 4) is 11.1 Å². The maximum absolute atomic E-state index is 10.6. The zero-order chi connectivity index (χ0) is 14.5. The lowest BCUT2D eigenvalue weighted by Crippen LogP contribution is -1.84. The minimum absolute atomic E-state index is 0.129. The van der Waals surface area contributed by atoms with Crippen LogP contribution in [0.3, 0.4) is 0 Å². The van der Waals surface area contributed by atoms with Crippen molar-refractivity contribution < 1.29 is 9.59 Å². The number of hydrogen-bond donors (Lipinski definition) is 0. The van der Waals surface area contributed by atoms with Crippen LogP contribution in [0.1, 0.15) is 0 Å². The summed E-state index contributed by atoms with van der Waals surface area (Å²) in [6.45, 7) is 0. The predicted octanol–water partition coefficient (Wildman–Crippen LogP) is 4.60. The molecule has 2 aromatic carbocycles. The van der Waals surface area contributed by atoms with Gasteiger partial charge in [-0.1, -0.05) is 41.4 Å². The summed E-state index contributed by atoms with van der Waals surface area (Å²) in [6.07, 6.45) is 2.83. The van der Waals surface area contributed by atoms with E-state index < -0.39 is 0 Å². The summed E-state index contributed by atoms with van der Waals surface area (Å²) in [5.41, 5.74) is 1.29. The maximum atomic E-state index is 10.6. The Labute approximate surface area is 124 Å². The monoisotopic (exact) mass is 304 g/mol. The molecule has 0 aliphatic carbocycles. The smallest absolute Gasteiger partial charge is 0.211 e. The summed E-state index contributed by atoms with van der Waals surface area (Å²) in [4.78, 5) is 28.1. The van der Waals surface area contributed by atoms with Crippen molar-refractivity contribution in [2.45, 2.75) is 0 Å². The van der Waals surface area contributed by atoms with Gasteiger partial charge in [0.15, 0.2) is 0 Å². The fourth-order valence-corrected chi connectivity index (χ4v) is 2.26. The second-order valence-electron chi connectivity index (χ2n) is 3.68. The molecule has 0 aliphatic heterocycles. The van der Waals surface area contributed by atoms with E-state index in [0.29, 0.717) is 21.2 Å². The van der Waals surface area contributed by atoms with Gasteiger partial charge in [0.1, 0.15) is 11.4 Å². The van der Waals surface area contributed by atoms with E-state index in [1.54, 1.807) is 30.3 Å². The highest BCUT2D eigenvalue weighted by molar-refractivity contribution is 6.37. The largest absolute Gasteiger partial charge is 0.240 e. The lowest BCUT2D eigenvalue weighted by molar-refractivity contribution is 0.564. The van der Waals surface area contributed by atoms with Crippen LogP contribution in [0, 0.1) is 0 Å². The SMILES string of the molecule is O=C=Nc1ccc(Cl)c(-c2ccccc2Cl)c1N=C=O. The summed E-state index contributed by atoms with van der Waals surface area (Å²) in [6, 6.07) is 9.93. The lowest BCUT2D eigenvalue weighted by Gasteiger charge is -2.10. The number of carbonyl (C=O) groups excluding carboxylic acids is 2. The molecule has 0 heterocycles. The number of nitrogens with zero attached hydrogens (tertiary/aromatic N) is 2. The van der Waals surface area contributed by atoms with Crippen LogP contribution in [0.2, 0.25) is 10.0 Å². The van der Waals surface area contributed by atoms with E-state index in [4.69, 9.17) is 23.2 Å². The molecule has 0 bridgehead atoms. The van der Waals surface area contributed by atoms with Crippen LogP contribution in [0.25, 0.3) is 11.1 Å². The Kier molecular flexibility index (Phi) is 4.46. The quantitative estimate of drug-likeness (QED) is 0.615. The first-order valence-electron chi connectivity index (χ1n) is 5.42. The standard InChI is InChI=1S/C14H6Cl2N2O2/c15-10-4-2-1-3-9(10)13-11(16)5-6-12(17-7-19)14(13)18-8-20/h1-6H. The Bertz CT molecular complexity index is 762. The van der Waals surface area contributed by atoms with E-state index in [1.807, 2.05) is 0 Å². The Hall–Kier alpha value is -2.22. The molecule has 0 unspecified atom stereocenters. The van der Waals surface area contributed by atoms with Gasteiger partial charge in [0, 0.05) is 16.1 Å². The zero-order valence-electron chi connectivity index (χ0n) is 9.93. The van der Waals surface area contributed by atoms with E-state index in [-0.39, 0.29) is 11.4 Å². The van der Waals surface area contributed by atoms with Crippen molar-refractivity contribution in [2.75, 3.05) is 0 Å². The van der Waals surface area contributed by atoms with Crippen molar-refractivity contribution in [2.24, 2.45) is 9.98 Å². The molecule has 6 heteroatoms. The van der Waals surface area contributed by atoms with Crippen molar-refractivity contribution in [3.05, 3.63) is 46.4 Å². The van der Waals surface area contributed by atoms with E-state index in [2.05, 4.69) is 9.98 Å². The zero-order valence-corrected chi connectivity index (χ0v) is 11.4. The van der Waals surface area contributed by atoms with Crippen molar-refractivity contribution in [1.82, 2.24) is 0 Å². The summed E-state index contributed by atoms with van der Waals surface area (Å²) in [7, 11) is 0. The lowest BCUT2D eigenvalue weighted by atomic mass is 10.0. The first-order chi connectivity index (χ1) is 9.69. The van der Waals surface area contributed by atoms with Gasteiger partial charge in [-0.3, -0.25) is 0 Å². The van der Waals surface area contributed by atoms with E-state index in [9.17, 15) is 9.59 Å². The van der Waals surface area contributed by atoms with Gasteiger partial charge >= 0.3 is 0 Å². The van der Waals surface area contributed by atoms with Gasteiger partial charge in [-0.2, -0.15) is 9.98 Å². The number of rotatable bonds is 3. The molecule has 98 valence electrons. The molecule has 0 saturated carbocycles. The third kappa shape index (κ3) is 2.69. The van der Waals surface area contributed by atoms with Crippen LogP contribution in [0.5, 0.6) is 0 Å². The van der Waals surface area contributed by atoms with Crippen LogP contribution in [-0.4, -0.2) is 12.2 Å². The van der Waals surface area contributed by atoms with Crippen molar-refractivity contribution in [3.63, 3.8) is 0 Å². The van der Waals surface area contributed by atoms with Gasteiger partial charge in [0.25, 0.3) is 0 Å². The first kappa shape index (κ1) is 14.2. The minimum atomic E-state index is 0.129. The van der Waals surface area contributed by atoms with Gasteiger partial charge in [0.05, 0.1) is 5.02 Å². The Morgan fingerprint density at radius 1 is 0.850 bits per heavy atom. The number of aliphatic imine (C=N–C) groups is 2. The van der Waals surface area contributed by atoms with Crippen LogP contribution in [0.15, 0.2) is 46.4 Å². The van der Waals surface area contributed by atoms with E-state index in [0.717, 1.165) is 0 Å². The van der Waals surface area contributed by atoms with Gasteiger partial charge in [-0.15, -0.1) is 0 Å². The maximum Gasteiger partial charge on any atom is 0.240 e. The van der Waals surface area contributed by atoms with Crippen LogP contribution in [-0.2, 0) is 9.59 Å². The van der Waals surface area contributed by atoms with Crippen molar-refractivity contribution >= 4 is 46.7 Å². The minimum Gasteiger partial charge on any atom is -0.211 e. The number of hydrogen-bond acceptors (Lipinski definition) is 4. The summed E-state index contributed by atoms with van der Waals surface area (Å²) in [5, 5.41) is 0.765. The molecular weight excluding hydrogens is 299 g/mol. The topological polar surface area (TPSA) is 58.9 Å². The Morgan fingerprint density at radius 3 is 2.20 bits per heavy atom. The Morgan fingerprint density at radius 2 is 1.55 bits per heavy atom. The van der Waals surface area contributed by atoms with Crippen LogP contribution < -0.4 is 0 Å². The summed E-state index contributed by atoms with van der Waals surface area (Å²) in [5.74, 6) is 0. The first-order valence-corrected chi connectivity index (χ1v) is 6.17. The highest BCUT2D eigenvalue weighted by atomic mass is 35.5. The van der Waals surface area contributed by atoms with Crippen molar-refractivity contribution in [1.29, 1.82) is 0 Å². The molecular formula is C14H6Cl2N2O2. The number of isocyanates is 2. The van der Waals surface area contributed by atoms with E-state index in [1.165, 1.54) is 18.2 Å². The highest BCUT2D eigenvalue weighted by Crippen LogP contribution is 2.44. The number of halogens is 2. The van der Waals surface area contributed by atoms with Gasteiger partial charge in [-0.25, -0.2) is 9.59 Å². The fourth-order valence-electron chi connectivity index (χ4n) is 1.77. The molecule has 0 aliphatic rings. The second-order valence-corrected chi connectivity index (χ2v) is 4.49. The molecule has 4 nitrogen and oxygen atoms in total. The van der Waals surface area contributed by atoms with Crippen LogP contribution >= 0.6 is 23.2 Å². The molecule has 0 spiro atoms. The molecule has 2 aromatic rings. The van der Waals surface area contributed by atoms with Gasteiger partial charge in [0.2, 0.25) is 12.2 Å². The number of benzene rings is 2. The molecule has 0 fully saturated rings. The van der Waals surface area contributed by atoms with E-state index >= 15 is 0 Å². The third-order valence-corrected chi connectivity index (χ3v) is 3.22.